The number of hydrogen-bond acceptors (Lipinski definition) is 2. The van der Waals surface area contributed by atoms with Crippen LogP contribution < -0.4 is 5.32 Å². The third-order valence-electron chi connectivity index (χ3n) is 3.71. The lowest BCUT2D eigenvalue weighted by atomic mass is 9.87. The number of aliphatic hydroxyl groups is 1. The molecule has 1 unspecified atom stereocenters. The van der Waals surface area contributed by atoms with Gasteiger partial charge in [-0.3, -0.25) is 0 Å². The van der Waals surface area contributed by atoms with Gasteiger partial charge >= 0.3 is 0 Å². The molecule has 1 atom stereocenters. The van der Waals surface area contributed by atoms with Gasteiger partial charge in [0, 0.05) is 10.7 Å². The minimum Gasteiger partial charge on any atom is -0.394 e. The summed E-state index contributed by atoms with van der Waals surface area (Å²) in [7, 11) is 0. The van der Waals surface area contributed by atoms with E-state index >= 15 is 0 Å². The summed E-state index contributed by atoms with van der Waals surface area (Å²) in [5, 5.41) is 14.1. The second-order valence-corrected chi connectivity index (χ2v) is 5.53. The lowest BCUT2D eigenvalue weighted by molar-refractivity contribution is 0.207. The Morgan fingerprint density at radius 1 is 1.05 bits per heavy atom. The predicted octanol–water partition coefficient (Wildman–Crippen LogP) is 4.36. The number of hydrogen-bond donors (Lipinski definition) is 2. The second kappa shape index (κ2) is 6.29. The van der Waals surface area contributed by atoms with Crippen molar-refractivity contribution in [1.82, 2.24) is 0 Å². The van der Waals surface area contributed by atoms with Crippen molar-refractivity contribution in [2.24, 2.45) is 0 Å². The molecule has 2 N–H and O–H groups in total. The van der Waals surface area contributed by atoms with Crippen LogP contribution in [0, 0.1) is 6.92 Å². The number of benzene rings is 2. The Kier molecular flexibility index (Phi) is 4.69. The Hall–Kier alpha value is -1.51. The zero-order chi connectivity index (χ0) is 14.6. The maximum atomic E-state index is 9.92. The molecule has 0 heterocycles. The Labute approximate surface area is 125 Å². The molecule has 3 heteroatoms. The molecule has 0 aliphatic carbocycles. The minimum absolute atomic E-state index is 0.0268. The molecule has 0 radical (unpaired) electrons. The first-order valence-electron chi connectivity index (χ1n) is 6.81. The van der Waals surface area contributed by atoms with Crippen LogP contribution in [-0.2, 0) is 5.54 Å². The van der Waals surface area contributed by atoms with Gasteiger partial charge in [0.1, 0.15) is 0 Å². The van der Waals surface area contributed by atoms with Crippen LogP contribution in [0.5, 0.6) is 0 Å². The van der Waals surface area contributed by atoms with Gasteiger partial charge in [0.05, 0.1) is 12.1 Å². The summed E-state index contributed by atoms with van der Waals surface area (Å²) in [6.45, 7) is 4.15. The van der Waals surface area contributed by atoms with E-state index in [0.29, 0.717) is 5.02 Å². The van der Waals surface area contributed by atoms with Crippen molar-refractivity contribution in [3.05, 3.63) is 64.7 Å². The highest BCUT2D eigenvalue weighted by molar-refractivity contribution is 6.30. The quantitative estimate of drug-likeness (QED) is 0.857. The van der Waals surface area contributed by atoms with Gasteiger partial charge in [-0.05, 0) is 43.2 Å². The zero-order valence-corrected chi connectivity index (χ0v) is 12.6. The zero-order valence-electron chi connectivity index (χ0n) is 11.9. The van der Waals surface area contributed by atoms with Crippen LogP contribution in [-0.4, -0.2) is 11.7 Å². The van der Waals surface area contributed by atoms with E-state index < -0.39 is 5.54 Å². The number of rotatable bonds is 5. The van der Waals surface area contributed by atoms with Crippen molar-refractivity contribution >= 4 is 17.3 Å². The van der Waals surface area contributed by atoms with Crippen molar-refractivity contribution < 1.29 is 5.11 Å². The van der Waals surface area contributed by atoms with Crippen LogP contribution in [0.1, 0.15) is 24.5 Å². The molecular formula is C17H20ClNO. The Morgan fingerprint density at radius 3 is 2.15 bits per heavy atom. The van der Waals surface area contributed by atoms with Crippen LogP contribution in [0.3, 0.4) is 0 Å². The van der Waals surface area contributed by atoms with Crippen LogP contribution in [0.25, 0.3) is 0 Å². The van der Waals surface area contributed by atoms with Gasteiger partial charge in [-0.1, -0.05) is 48.4 Å². The van der Waals surface area contributed by atoms with E-state index in [-0.39, 0.29) is 6.61 Å². The van der Waals surface area contributed by atoms with Gasteiger partial charge in [-0.25, -0.2) is 0 Å². The number of aliphatic hydroxyl groups excluding tert-OH is 1. The highest BCUT2D eigenvalue weighted by Gasteiger charge is 2.29. The van der Waals surface area contributed by atoms with E-state index in [4.69, 9.17) is 11.6 Å². The topological polar surface area (TPSA) is 32.3 Å². The van der Waals surface area contributed by atoms with E-state index in [9.17, 15) is 5.11 Å². The SMILES string of the molecule is CCC(CO)(Nc1ccc(C)cc1)c1ccc(Cl)cc1. The largest absolute Gasteiger partial charge is 0.394 e. The minimum atomic E-state index is -0.486. The summed E-state index contributed by atoms with van der Waals surface area (Å²) in [5.41, 5.74) is 2.77. The smallest absolute Gasteiger partial charge is 0.0854 e. The number of nitrogens with one attached hydrogen (secondary N) is 1. The number of anilines is 1. The van der Waals surface area contributed by atoms with Gasteiger partial charge < -0.3 is 10.4 Å². The van der Waals surface area contributed by atoms with Gasteiger partial charge in [-0.2, -0.15) is 0 Å². The van der Waals surface area contributed by atoms with Gasteiger partial charge in [0.15, 0.2) is 0 Å². The van der Waals surface area contributed by atoms with Crippen LogP contribution >= 0.6 is 11.6 Å². The van der Waals surface area contributed by atoms with Crippen molar-refractivity contribution in [3.63, 3.8) is 0 Å². The van der Waals surface area contributed by atoms with Crippen molar-refractivity contribution in [3.8, 4) is 0 Å². The molecule has 2 nitrogen and oxygen atoms in total. The molecule has 0 amide bonds. The van der Waals surface area contributed by atoms with E-state index in [0.717, 1.165) is 17.7 Å². The van der Waals surface area contributed by atoms with E-state index in [1.165, 1.54) is 5.56 Å². The molecule has 106 valence electrons. The summed E-state index contributed by atoms with van der Waals surface area (Å²) in [4.78, 5) is 0. The van der Waals surface area contributed by atoms with Crippen LogP contribution in [0.15, 0.2) is 48.5 Å². The average Bonchev–Trinajstić information content (AvgIpc) is 2.48. The van der Waals surface area contributed by atoms with Crippen molar-refractivity contribution in [2.45, 2.75) is 25.8 Å². The summed E-state index contributed by atoms with van der Waals surface area (Å²) >= 11 is 5.94. The monoisotopic (exact) mass is 289 g/mol. The molecule has 0 spiro atoms. The fourth-order valence-electron chi connectivity index (χ4n) is 2.29. The first-order valence-corrected chi connectivity index (χ1v) is 7.19. The maximum Gasteiger partial charge on any atom is 0.0854 e. The molecule has 0 saturated carbocycles. The molecular weight excluding hydrogens is 270 g/mol. The van der Waals surface area contributed by atoms with E-state index in [1.54, 1.807) is 0 Å². The second-order valence-electron chi connectivity index (χ2n) is 5.09. The highest BCUT2D eigenvalue weighted by Crippen LogP contribution is 2.30. The van der Waals surface area contributed by atoms with Crippen molar-refractivity contribution in [2.75, 3.05) is 11.9 Å². The Balaban J connectivity index is 2.33. The van der Waals surface area contributed by atoms with Gasteiger partial charge in [-0.15, -0.1) is 0 Å². The number of halogens is 1. The predicted molar refractivity (Wildman–Crippen MR) is 85.3 cm³/mol. The maximum absolute atomic E-state index is 9.92. The lowest BCUT2D eigenvalue weighted by Gasteiger charge is -2.34. The normalized spacial score (nSPS) is 13.8. The van der Waals surface area contributed by atoms with Crippen LogP contribution in [0.4, 0.5) is 5.69 Å². The number of aryl methyl sites for hydroxylation is 1. The summed E-state index contributed by atoms with van der Waals surface area (Å²) in [6, 6.07) is 15.8. The molecule has 0 aliphatic rings. The third-order valence-corrected chi connectivity index (χ3v) is 3.96. The molecule has 20 heavy (non-hydrogen) atoms. The van der Waals surface area contributed by atoms with Gasteiger partial charge in [0.2, 0.25) is 0 Å². The molecule has 2 aromatic carbocycles. The highest BCUT2D eigenvalue weighted by atomic mass is 35.5. The Bertz CT molecular complexity index is 544. The molecule has 0 aromatic heterocycles. The first kappa shape index (κ1) is 14.9. The molecule has 0 aliphatic heterocycles. The fourth-order valence-corrected chi connectivity index (χ4v) is 2.42. The third kappa shape index (κ3) is 3.14. The lowest BCUT2D eigenvalue weighted by Crippen LogP contribution is -2.38. The molecule has 2 rings (SSSR count). The molecule has 0 fully saturated rings. The van der Waals surface area contributed by atoms with E-state index in [1.807, 2.05) is 36.4 Å². The van der Waals surface area contributed by atoms with E-state index in [2.05, 4.69) is 31.3 Å². The molecule has 0 saturated heterocycles. The summed E-state index contributed by atoms with van der Waals surface area (Å²) in [5.74, 6) is 0. The van der Waals surface area contributed by atoms with Crippen LogP contribution in [0.2, 0.25) is 5.02 Å². The fraction of sp³-hybridized carbons (Fsp3) is 0.294. The Morgan fingerprint density at radius 2 is 1.65 bits per heavy atom. The molecule has 2 aromatic rings. The summed E-state index contributed by atoms with van der Waals surface area (Å²) in [6.07, 6.45) is 0.777. The average molecular weight is 290 g/mol. The van der Waals surface area contributed by atoms with Crippen molar-refractivity contribution in [1.29, 1.82) is 0 Å². The first-order chi connectivity index (χ1) is 9.59. The molecule has 0 bridgehead atoms. The standard InChI is InChI=1S/C17H20ClNO/c1-3-17(12-20,14-6-8-15(18)9-7-14)19-16-10-4-13(2)5-11-16/h4-11,19-20H,3,12H2,1-2H3. The summed E-state index contributed by atoms with van der Waals surface area (Å²) < 4.78 is 0. The van der Waals surface area contributed by atoms with Gasteiger partial charge in [0.25, 0.3) is 0 Å².